The van der Waals surface area contributed by atoms with Crippen LogP contribution in [0, 0.1) is 0 Å². The van der Waals surface area contributed by atoms with Gasteiger partial charge in [-0.2, -0.15) is 11.3 Å². The molecular formula is C15H26N2S. The van der Waals surface area contributed by atoms with Crippen molar-refractivity contribution in [2.45, 2.75) is 51.6 Å². The highest BCUT2D eigenvalue weighted by molar-refractivity contribution is 7.07. The zero-order valence-electron chi connectivity index (χ0n) is 12.1. The molecule has 1 aromatic rings. The minimum absolute atomic E-state index is 0.239. The van der Waals surface area contributed by atoms with Gasteiger partial charge in [0.25, 0.3) is 0 Å². The average Bonchev–Trinajstić information content (AvgIpc) is 2.83. The van der Waals surface area contributed by atoms with E-state index in [1.54, 1.807) is 11.3 Å². The first-order valence-corrected chi connectivity index (χ1v) is 7.91. The summed E-state index contributed by atoms with van der Waals surface area (Å²) in [6.07, 6.45) is 2.38. The lowest BCUT2D eigenvalue weighted by Crippen LogP contribution is -2.67. The molecular weight excluding hydrogens is 240 g/mol. The molecule has 0 amide bonds. The van der Waals surface area contributed by atoms with Crippen molar-refractivity contribution in [1.29, 1.82) is 0 Å². The molecule has 0 aromatic carbocycles. The molecule has 0 saturated carbocycles. The quantitative estimate of drug-likeness (QED) is 0.900. The Morgan fingerprint density at radius 1 is 1.39 bits per heavy atom. The van der Waals surface area contributed by atoms with Crippen LogP contribution < -0.4 is 5.32 Å². The van der Waals surface area contributed by atoms with E-state index in [-0.39, 0.29) is 5.54 Å². The number of thiophene rings is 1. The topological polar surface area (TPSA) is 15.3 Å². The molecule has 1 N–H and O–H groups in total. The molecule has 1 unspecified atom stereocenters. The molecule has 3 heteroatoms. The Hall–Kier alpha value is -0.380. The van der Waals surface area contributed by atoms with Gasteiger partial charge in [-0.05, 0) is 56.0 Å². The molecule has 18 heavy (non-hydrogen) atoms. The molecule has 102 valence electrons. The molecule has 0 aliphatic carbocycles. The van der Waals surface area contributed by atoms with E-state index in [2.05, 4.69) is 54.7 Å². The summed E-state index contributed by atoms with van der Waals surface area (Å²) in [6, 6.07) is 2.25. The van der Waals surface area contributed by atoms with E-state index in [1.165, 1.54) is 24.9 Å². The van der Waals surface area contributed by atoms with Gasteiger partial charge in [-0.15, -0.1) is 0 Å². The van der Waals surface area contributed by atoms with E-state index in [0.29, 0.717) is 5.54 Å². The number of rotatable bonds is 4. The van der Waals surface area contributed by atoms with E-state index in [9.17, 15) is 0 Å². The Labute approximate surface area is 115 Å². The van der Waals surface area contributed by atoms with Crippen LogP contribution >= 0.6 is 11.3 Å². The Morgan fingerprint density at radius 3 is 2.78 bits per heavy atom. The predicted octanol–water partition coefficient (Wildman–Crippen LogP) is 3.14. The molecule has 1 aliphatic heterocycles. The number of hydrogen-bond acceptors (Lipinski definition) is 3. The van der Waals surface area contributed by atoms with Crippen molar-refractivity contribution in [1.82, 2.24) is 10.2 Å². The molecule has 0 spiro atoms. The fraction of sp³-hybridized carbons (Fsp3) is 0.733. The van der Waals surface area contributed by atoms with Gasteiger partial charge in [-0.1, -0.05) is 6.92 Å². The molecule has 1 fully saturated rings. The van der Waals surface area contributed by atoms with Crippen molar-refractivity contribution in [2.75, 3.05) is 19.6 Å². The fourth-order valence-corrected chi connectivity index (χ4v) is 3.37. The maximum atomic E-state index is 3.68. The Morgan fingerprint density at radius 2 is 2.17 bits per heavy atom. The van der Waals surface area contributed by atoms with Crippen LogP contribution in [-0.2, 0) is 6.42 Å². The lowest BCUT2D eigenvalue weighted by atomic mass is 9.87. The molecule has 1 saturated heterocycles. The van der Waals surface area contributed by atoms with Gasteiger partial charge in [0.15, 0.2) is 0 Å². The zero-order valence-corrected chi connectivity index (χ0v) is 12.9. The fourth-order valence-electron chi connectivity index (χ4n) is 2.66. The summed E-state index contributed by atoms with van der Waals surface area (Å²) < 4.78 is 0. The highest BCUT2D eigenvalue weighted by Crippen LogP contribution is 2.26. The lowest BCUT2D eigenvalue weighted by molar-refractivity contribution is 0.0253. The van der Waals surface area contributed by atoms with Crippen molar-refractivity contribution >= 4 is 11.3 Å². The van der Waals surface area contributed by atoms with Crippen molar-refractivity contribution in [3.63, 3.8) is 0 Å². The Balaban J connectivity index is 2.01. The minimum atomic E-state index is 0.239. The first-order chi connectivity index (χ1) is 8.45. The third kappa shape index (κ3) is 3.14. The maximum absolute atomic E-state index is 3.68. The summed E-state index contributed by atoms with van der Waals surface area (Å²) in [7, 11) is 0. The number of piperazine rings is 1. The highest BCUT2D eigenvalue weighted by atomic mass is 32.1. The van der Waals surface area contributed by atoms with Gasteiger partial charge in [-0.3, -0.25) is 4.90 Å². The molecule has 1 aliphatic rings. The van der Waals surface area contributed by atoms with Crippen LogP contribution in [0.15, 0.2) is 16.8 Å². The van der Waals surface area contributed by atoms with Gasteiger partial charge in [0.1, 0.15) is 0 Å². The molecule has 2 rings (SSSR count). The van der Waals surface area contributed by atoms with Gasteiger partial charge in [0, 0.05) is 30.7 Å². The van der Waals surface area contributed by atoms with Gasteiger partial charge < -0.3 is 5.32 Å². The largest absolute Gasteiger partial charge is 0.309 e. The normalized spacial score (nSPS) is 28.4. The van der Waals surface area contributed by atoms with E-state index < -0.39 is 0 Å². The molecule has 0 radical (unpaired) electrons. The van der Waals surface area contributed by atoms with E-state index in [4.69, 9.17) is 0 Å². The minimum Gasteiger partial charge on any atom is -0.309 e. The van der Waals surface area contributed by atoms with Crippen LogP contribution in [-0.4, -0.2) is 35.6 Å². The second-order valence-corrected chi connectivity index (χ2v) is 7.17. The van der Waals surface area contributed by atoms with E-state index >= 15 is 0 Å². The van der Waals surface area contributed by atoms with Gasteiger partial charge >= 0.3 is 0 Å². The van der Waals surface area contributed by atoms with Crippen LogP contribution in [0.4, 0.5) is 0 Å². The molecule has 2 heterocycles. The monoisotopic (exact) mass is 266 g/mol. The van der Waals surface area contributed by atoms with E-state index in [0.717, 1.165) is 13.1 Å². The van der Waals surface area contributed by atoms with E-state index in [1.807, 2.05) is 0 Å². The van der Waals surface area contributed by atoms with Crippen molar-refractivity contribution < 1.29 is 0 Å². The van der Waals surface area contributed by atoms with Crippen LogP contribution in [0.1, 0.15) is 39.7 Å². The Kier molecular flexibility index (Phi) is 4.15. The summed E-state index contributed by atoms with van der Waals surface area (Å²) in [6.45, 7) is 12.7. The maximum Gasteiger partial charge on any atom is 0.0304 e. The summed E-state index contributed by atoms with van der Waals surface area (Å²) in [5.41, 5.74) is 2.03. The molecule has 2 nitrogen and oxygen atoms in total. The van der Waals surface area contributed by atoms with Crippen LogP contribution in [0.5, 0.6) is 0 Å². The second kappa shape index (κ2) is 5.32. The number of nitrogens with zero attached hydrogens (tertiary/aromatic N) is 1. The van der Waals surface area contributed by atoms with Crippen LogP contribution in [0.25, 0.3) is 0 Å². The van der Waals surface area contributed by atoms with Crippen LogP contribution in [0.3, 0.4) is 0 Å². The third-order valence-electron chi connectivity index (χ3n) is 4.31. The predicted molar refractivity (Wildman–Crippen MR) is 80.4 cm³/mol. The summed E-state index contributed by atoms with van der Waals surface area (Å²) in [5, 5.41) is 8.13. The van der Waals surface area contributed by atoms with Crippen molar-refractivity contribution in [2.24, 2.45) is 0 Å². The second-order valence-electron chi connectivity index (χ2n) is 6.39. The number of hydrogen-bond donors (Lipinski definition) is 1. The third-order valence-corrected chi connectivity index (χ3v) is 5.04. The zero-order chi connectivity index (χ0) is 13.2. The smallest absolute Gasteiger partial charge is 0.0304 e. The average molecular weight is 266 g/mol. The van der Waals surface area contributed by atoms with Gasteiger partial charge in [0.05, 0.1) is 0 Å². The molecule has 0 bridgehead atoms. The summed E-state index contributed by atoms with van der Waals surface area (Å²) >= 11 is 1.80. The highest BCUT2D eigenvalue weighted by Gasteiger charge is 2.39. The molecule has 1 aromatic heterocycles. The Bertz CT molecular complexity index is 372. The standard InChI is InChI=1S/C15H26N2S/c1-5-15(4)11-16-14(2,3)12-17(15)8-6-13-7-9-18-10-13/h7,9-10,16H,5-6,8,11-12H2,1-4H3. The van der Waals surface area contributed by atoms with Gasteiger partial charge in [0.2, 0.25) is 0 Å². The summed E-state index contributed by atoms with van der Waals surface area (Å²) in [4.78, 5) is 2.68. The number of nitrogens with one attached hydrogen (secondary N) is 1. The first-order valence-electron chi connectivity index (χ1n) is 6.96. The van der Waals surface area contributed by atoms with Crippen molar-refractivity contribution in [3.05, 3.63) is 22.4 Å². The first kappa shape index (κ1) is 14.0. The SMILES string of the molecule is CCC1(C)CNC(C)(C)CN1CCc1ccsc1. The van der Waals surface area contributed by atoms with Gasteiger partial charge in [-0.25, -0.2) is 0 Å². The van der Waals surface area contributed by atoms with Crippen LogP contribution in [0.2, 0.25) is 0 Å². The lowest BCUT2D eigenvalue weighted by Gasteiger charge is -2.51. The molecule has 1 atom stereocenters. The van der Waals surface area contributed by atoms with Crippen molar-refractivity contribution in [3.8, 4) is 0 Å². The summed E-state index contributed by atoms with van der Waals surface area (Å²) in [5.74, 6) is 0.